The van der Waals surface area contributed by atoms with Gasteiger partial charge in [-0.25, -0.2) is 0 Å². The Morgan fingerprint density at radius 3 is 2.78 bits per heavy atom. The molecule has 0 spiro atoms. The Morgan fingerprint density at radius 1 is 1.26 bits per heavy atom. The molecule has 3 rings (SSSR count). The van der Waals surface area contributed by atoms with Crippen LogP contribution in [0.25, 0.3) is 11.4 Å². The van der Waals surface area contributed by atoms with Gasteiger partial charge in [-0.2, -0.15) is 4.98 Å². The largest absolute Gasteiger partial charge is 0.378 e. The Labute approximate surface area is 141 Å². The molecule has 1 aromatic heterocycles. The Balaban J connectivity index is 0.00000192. The van der Waals surface area contributed by atoms with Crippen molar-refractivity contribution in [3.05, 3.63) is 35.7 Å². The topological polar surface area (TPSA) is 83.4 Å². The average Bonchev–Trinajstić information content (AvgIpc) is 3.23. The highest BCUT2D eigenvalue weighted by molar-refractivity contribution is 5.85. The molecular formula is C16H22ClN3O3. The van der Waals surface area contributed by atoms with Crippen LogP contribution in [0, 0.1) is 0 Å². The van der Waals surface area contributed by atoms with Gasteiger partial charge in [0.1, 0.15) is 0 Å². The summed E-state index contributed by atoms with van der Waals surface area (Å²) in [5.74, 6) is 1.18. The van der Waals surface area contributed by atoms with Crippen molar-refractivity contribution in [3.63, 3.8) is 0 Å². The Hall–Kier alpha value is -1.47. The highest BCUT2D eigenvalue weighted by atomic mass is 35.5. The first-order chi connectivity index (χ1) is 10.8. The molecule has 0 amide bonds. The minimum absolute atomic E-state index is 0. The number of nitrogens with two attached hydrogens (primary N) is 1. The molecule has 1 unspecified atom stereocenters. The molecule has 7 heteroatoms. The zero-order valence-electron chi connectivity index (χ0n) is 12.9. The van der Waals surface area contributed by atoms with Gasteiger partial charge >= 0.3 is 0 Å². The summed E-state index contributed by atoms with van der Waals surface area (Å²) in [4.78, 5) is 4.39. The van der Waals surface area contributed by atoms with Crippen LogP contribution in [-0.2, 0) is 22.4 Å². The van der Waals surface area contributed by atoms with Crippen molar-refractivity contribution < 1.29 is 14.0 Å². The van der Waals surface area contributed by atoms with E-state index in [9.17, 15) is 0 Å². The fourth-order valence-electron chi connectivity index (χ4n) is 2.41. The fraction of sp³-hybridized carbons (Fsp3) is 0.500. The summed E-state index contributed by atoms with van der Waals surface area (Å²) in [6.07, 6.45) is 3.08. The van der Waals surface area contributed by atoms with Crippen LogP contribution in [-0.4, -0.2) is 36.1 Å². The maximum atomic E-state index is 5.60. The molecular weight excluding hydrogens is 318 g/mol. The minimum atomic E-state index is 0. The molecule has 1 aliphatic heterocycles. The van der Waals surface area contributed by atoms with E-state index < -0.39 is 0 Å². The first-order valence-electron chi connectivity index (χ1n) is 7.66. The van der Waals surface area contributed by atoms with E-state index in [1.54, 1.807) is 0 Å². The summed E-state index contributed by atoms with van der Waals surface area (Å²) < 4.78 is 16.4. The molecule has 1 fully saturated rings. The number of rotatable bonds is 7. The smallest absolute Gasteiger partial charge is 0.229 e. The second kappa shape index (κ2) is 8.98. The van der Waals surface area contributed by atoms with E-state index in [4.69, 9.17) is 19.7 Å². The highest BCUT2D eigenvalue weighted by Crippen LogP contribution is 2.17. The molecule has 0 aliphatic carbocycles. The van der Waals surface area contributed by atoms with Crippen LogP contribution in [0.4, 0.5) is 0 Å². The third kappa shape index (κ3) is 5.00. The zero-order chi connectivity index (χ0) is 15.2. The van der Waals surface area contributed by atoms with Gasteiger partial charge in [0.25, 0.3) is 0 Å². The van der Waals surface area contributed by atoms with Gasteiger partial charge in [-0.05, 0) is 18.4 Å². The van der Waals surface area contributed by atoms with Crippen molar-refractivity contribution in [1.29, 1.82) is 0 Å². The lowest BCUT2D eigenvalue weighted by Crippen LogP contribution is -2.15. The van der Waals surface area contributed by atoms with Gasteiger partial charge in [0.15, 0.2) is 0 Å². The number of hydrogen-bond acceptors (Lipinski definition) is 6. The number of nitrogens with zero attached hydrogens (tertiary/aromatic N) is 2. The lowest BCUT2D eigenvalue weighted by molar-refractivity contribution is 0.0169. The molecule has 2 N–H and O–H groups in total. The molecule has 2 aromatic rings. The molecule has 1 saturated heterocycles. The molecule has 1 aromatic carbocycles. The molecule has 1 aliphatic rings. The van der Waals surface area contributed by atoms with E-state index in [1.807, 2.05) is 24.3 Å². The van der Waals surface area contributed by atoms with Crippen LogP contribution in [0.1, 0.15) is 24.3 Å². The third-order valence-electron chi connectivity index (χ3n) is 3.70. The van der Waals surface area contributed by atoms with Crippen LogP contribution in [0.2, 0.25) is 0 Å². The first kappa shape index (κ1) is 17.9. The van der Waals surface area contributed by atoms with Crippen LogP contribution in [0.15, 0.2) is 28.8 Å². The van der Waals surface area contributed by atoms with E-state index in [1.165, 1.54) is 0 Å². The van der Waals surface area contributed by atoms with Gasteiger partial charge < -0.3 is 19.7 Å². The maximum absolute atomic E-state index is 5.60. The normalized spacial score (nSPS) is 17.2. The SMILES string of the molecule is Cl.NCc1ccc(-c2noc(CCOCC3CCCO3)n2)cc1. The highest BCUT2D eigenvalue weighted by Gasteiger charge is 2.15. The van der Waals surface area contributed by atoms with Crippen molar-refractivity contribution in [2.24, 2.45) is 5.73 Å². The molecule has 1 atom stereocenters. The fourth-order valence-corrected chi connectivity index (χ4v) is 2.41. The molecule has 2 heterocycles. The Morgan fingerprint density at radius 2 is 2.09 bits per heavy atom. The van der Waals surface area contributed by atoms with E-state index in [0.29, 0.717) is 37.9 Å². The number of ether oxygens (including phenoxy) is 2. The Bertz CT molecular complexity index is 583. The van der Waals surface area contributed by atoms with Crippen LogP contribution in [0.3, 0.4) is 0 Å². The predicted molar refractivity (Wildman–Crippen MR) is 88.4 cm³/mol. The second-order valence-corrected chi connectivity index (χ2v) is 5.37. The summed E-state index contributed by atoms with van der Waals surface area (Å²) in [6.45, 7) is 2.58. The van der Waals surface area contributed by atoms with Crippen molar-refractivity contribution in [2.75, 3.05) is 19.8 Å². The number of hydrogen-bond donors (Lipinski definition) is 1. The van der Waals surface area contributed by atoms with E-state index >= 15 is 0 Å². The molecule has 126 valence electrons. The summed E-state index contributed by atoms with van der Waals surface area (Å²) in [5, 5.41) is 4.00. The van der Waals surface area contributed by atoms with Gasteiger partial charge in [0, 0.05) is 18.7 Å². The molecule has 0 radical (unpaired) electrons. The first-order valence-corrected chi connectivity index (χ1v) is 7.66. The molecule has 6 nitrogen and oxygen atoms in total. The molecule has 0 bridgehead atoms. The van der Waals surface area contributed by atoms with Crippen LogP contribution in [0.5, 0.6) is 0 Å². The van der Waals surface area contributed by atoms with Gasteiger partial charge in [-0.15, -0.1) is 12.4 Å². The molecule has 23 heavy (non-hydrogen) atoms. The molecule has 0 saturated carbocycles. The van der Waals surface area contributed by atoms with E-state index in [2.05, 4.69) is 10.1 Å². The summed E-state index contributed by atoms with van der Waals surface area (Å²) in [6, 6.07) is 7.83. The minimum Gasteiger partial charge on any atom is -0.378 e. The monoisotopic (exact) mass is 339 g/mol. The van der Waals surface area contributed by atoms with Crippen LogP contribution < -0.4 is 5.73 Å². The summed E-state index contributed by atoms with van der Waals surface area (Å²) in [7, 11) is 0. The second-order valence-electron chi connectivity index (χ2n) is 5.37. The van der Waals surface area contributed by atoms with Crippen LogP contribution >= 0.6 is 12.4 Å². The quantitative estimate of drug-likeness (QED) is 0.780. The summed E-state index contributed by atoms with van der Waals surface area (Å²) >= 11 is 0. The van der Waals surface area contributed by atoms with Crippen molar-refractivity contribution in [1.82, 2.24) is 10.1 Å². The summed E-state index contributed by atoms with van der Waals surface area (Å²) in [5.41, 5.74) is 7.59. The lowest BCUT2D eigenvalue weighted by atomic mass is 10.1. The number of benzene rings is 1. The van der Waals surface area contributed by atoms with Crippen molar-refractivity contribution in [3.8, 4) is 11.4 Å². The van der Waals surface area contributed by atoms with Gasteiger partial charge in [0.2, 0.25) is 11.7 Å². The van der Waals surface area contributed by atoms with Gasteiger partial charge in [0.05, 0.1) is 25.7 Å². The number of halogens is 1. The predicted octanol–water partition coefficient (Wildman–Crippen LogP) is 2.36. The number of aromatic nitrogens is 2. The van der Waals surface area contributed by atoms with Gasteiger partial charge in [-0.3, -0.25) is 0 Å². The lowest BCUT2D eigenvalue weighted by Gasteiger charge is -2.08. The third-order valence-corrected chi connectivity index (χ3v) is 3.70. The Kier molecular flexibility index (Phi) is 6.98. The van der Waals surface area contributed by atoms with E-state index in [0.717, 1.165) is 30.6 Å². The zero-order valence-corrected chi connectivity index (χ0v) is 13.8. The maximum Gasteiger partial charge on any atom is 0.229 e. The van der Waals surface area contributed by atoms with Gasteiger partial charge in [-0.1, -0.05) is 29.4 Å². The van der Waals surface area contributed by atoms with Crippen molar-refractivity contribution >= 4 is 12.4 Å². The standard InChI is InChI=1S/C16H21N3O3.ClH/c17-10-12-3-5-13(6-4-12)16-18-15(22-19-16)7-9-20-11-14-2-1-8-21-14;/h3-6,14H,1-2,7-11,17H2;1H. The average molecular weight is 340 g/mol. The van der Waals surface area contributed by atoms with E-state index in [-0.39, 0.29) is 18.5 Å². The van der Waals surface area contributed by atoms with Crippen molar-refractivity contribution in [2.45, 2.75) is 31.9 Å².